The summed E-state index contributed by atoms with van der Waals surface area (Å²) in [6, 6.07) is 69.9. The van der Waals surface area contributed by atoms with E-state index in [1.807, 2.05) is 6.26 Å². The van der Waals surface area contributed by atoms with Crippen LogP contribution in [0.15, 0.2) is 209 Å². The first-order valence-corrected chi connectivity index (χ1v) is 20.2. The van der Waals surface area contributed by atoms with Gasteiger partial charge in [0.25, 0.3) is 0 Å². The zero-order valence-electron chi connectivity index (χ0n) is 31.8. The van der Waals surface area contributed by atoms with Gasteiger partial charge < -0.3 is 13.4 Å². The Labute approximate surface area is 338 Å². The van der Waals surface area contributed by atoms with Crippen LogP contribution in [0, 0.1) is 0 Å². The van der Waals surface area contributed by atoms with Crippen LogP contribution >= 0.6 is 0 Å². The van der Waals surface area contributed by atoms with E-state index in [2.05, 4.69) is 199 Å². The van der Waals surface area contributed by atoms with Gasteiger partial charge in [0.1, 0.15) is 16.7 Å². The molecule has 0 saturated heterocycles. The highest BCUT2D eigenvalue weighted by molar-refractivity contribution is 6.29. The number of rotatable bonds is 4. The van der Waals surface area contributed by atoms with Gasteiger partial charge >= 0.3 is 0 Å². The predicted molar refractivity (Wildman–Crippen MR) is 247 cm³/mol. The molecule has 0 aliphatic heterocycles. The third-order valence-electron chi connectivity index (χ3n) is 12.4. The van der Waals surface area contributed by atoms with Gasteiger partial charge in [0.15, 0.2) is 0 Å². The molecular formula is C56H33NO2. The Hall–Kier alpha value is -7.88. The van der Waals surface area contributed by atoms with Crippen molar-refractivity contribution in [1.29, 1.82) is 0 Å². The Balaban J connectivity index is 1.07. The topological polar surface area (TPSA) is 31.2 Å². The average molecular weight is 752 g/mol. The minimum atomic E-state index is 0.811. The van der Waals surface area contributed by atoms with Crippen molar-refractivity contribution in [3.05, 3.63) is 200 Å². The molecular weight excluding hydrogens is 719 g/mol. The van der Waals surface area contributed by atoms with Crippen molar-refractivity contribution in [2.45, 2.75) is 0 Å². The summed E-state index contributed by atoms with van der Waals surface area (Å²) >= 11 is 0. The van der Waals surface area contributed by atoms with E-state index in [9.17, 15) is 0 Å². The van der Waals surface area contributed by atoms with Crippen LogP contribution in [0.1, 0.15) is 0 Å². The van der Waals surface area contributed by atoms with Crippen molar-refractivity contribution in [2.75, 3.05) is 0 Å². The number of nitrogens with zero attached hydrogens (tertiary/aromatic N) is 1. The molecule has 59 heavy (non-hydrogen) atoms. The first-order valence-electron chi connectivity index (χ1n) is 20.2. The smallest absolute Gasteiger partial charge is 0.146 e. The van der Waals surface area contributed by atoms with Gasteiger partial charge in [-0.05, 0) is 91.5 Å². The predicted octanol–water partition coefficient (Wildman–Crippen LogP) is 15.9. The molecule has 3 heteroatoms. The van der Waals surface area contributed by atoms with Crippen molar-refractivity contribution >= 4 is 87.0 Å². The summed E-state index contributed by atoms with van der Waals surface area (Å²) in [5.74, 6) is 0. The van der Waals surface area contributed by atoms with E-state index in [1.165, 1.54) is 65.3 Å². The number of para-hydroxylation sites is 3. The van der Waals surface area contributed by atoms with E-state index in [0.717, 1.165) is 60.8 Å². The second-order valence-electron chi connectivity index (χ2n) is 15.5. The lowest BCUT2D eigenvalue weighted by atomic mass is 9.84. The molecule has 0 spiro atoms. The van der Waals surface area contributed by atoms with Crippen LogP contribution in [0.3, 0.4) is 0 Å². The van der Waals surface area contributed by atoms with Crippen molar-refractivity contribution in [1.82, 2.24) is 4.57 Å². The van der Waals surface area contributed by atoms with Crippen molar-refractivity contribution in [3.63, 3.8) is 0 Å². The maximum absolute atomic E-state index is 6.92. The molecule has 0 aliphatic carbocycles. The van der Waals surface area contributed by atoms with Gasteiger partial charge in [-0.3, -0.25) is 0 Å². The van der Waals surface area contributed by atoms with Crippen molar-refractivity contribution < 1.29 is 8.83 Å². The second kappa shape index (κ2) is 12.3. The van der Waals surface area contributed by atoms with Gasteiger partial charge in [-0.2, -0.15) is 0 Å². The summed E-state index contributed by atoms with van der Waals surface area (Å²) < 4.78 is 15.8. The van der Waals surface area contributed by atoms with Crippen LogP contribution < -0.4 is 0 Å². The highest BCUT2D eigenvalue weighted by atomic mass is 16.3. The molecule has 13 rings (SSSR count). The Morgan fingerprint density at radius 1 is 0.356 bits per heavy atom. The summed E-state index contributed by atoms with van der Waals surface area (Å²) in [4.78, 5) is 0. The summed E-state index contributed by atoms with van der Waals surface area (Å²) in [6.45, 7) is 0. The normalized spacial score (nSPS) is 12.1. The van der Waals surface area contributed by atoms with Crippen LogP contribution in [-0.2, 0) is 0 Å². The minimum absolute atomic E-state index is 0.811. The van der Waals surface area contributed by atoms with Gasteiger partial charge in [-0.25, -0.2) is 0 Å². The summed E-state index contributed by atoms with van der Waals surface area (Å²) in [7, 11) is 0. The quantitative estimate of drug-likeness (QED) is 0.168. The molecule has 13 aromatic rings. The Morgan fingerprint density at radius 3 is 1.75 bits per heavy atom. The number of fused-ring (bicyclic) bond motifs is 11. The molecule has 0 bridgehead atoms. The van der Waals surface area contributed by atoms with Crippen molar-refractivity contribution in [2.24, 2.45) is 0 Å². The van der Waals surface area contributed by atoms with Crippen LogP contribution in [-0.4, -0.2) is 4.57 Å². The fraction of sp³-hybridized carbons (Fsp3) is 0. The summed E-state index contributed by atoms with van der Waals surface area (Å²) in [5.41, 5.74) is 12.9. The maximum atomic E-state index is 6.92. The molecule has 3 aromatic heterocycles. The van der Waals surface area contributed by atoms with Crippen LogP contribution in [0.5, 0.6) is 0 Å². The fourth-order valence-electron chi connectivity index (χ4n) is 9.94. The first-order chi connectivity index (χ1) is 29.3. The third kappa shape index (κ3) is 4.58. The van der Waals surface area contributed by atoms with E-state index < -0.39 is 0 Å². The maximum Gasteiger partial charge on any atom is 0.146 e. The highest BCUT2D eigenvalue weighted by Crippen LogP contribution is 2.50. The van der Waals surface area contributed by atoms with E-state index in [1.54, 1.807) is 0 Å². The number of benzene rings is 10. The minimum Gasteiger partial charge on any atom is -0.463 e. The molecule has 274 valence electrons. The fourth-order valence-corrected chi connectivity index (χ4v) is 9.94. The van der Waals surface area contributed by atoms with Gasteiger partial charge in [-0.15, -0.1) is 0 Å². The van der Waals surface area contributed by atoms with Crippen LogP contribution in [0.4, 0.5) is 0 Å². The van der Waals surface area contributed by atoms with E-state index in [0.29, 0.717) is 0 Å². The number of hydrogen-bond acceptors (Lipinski definition) is 2. The molecule has 10 aromatic carbocycles. The average Bonchev–Trinajstić information content (AvgIpc) is 4.00. The Morgan fingerprint density at radius 2 is 0.966 bits per heavy atom. The monoisotopic (exact) mass is 751 g/mol. The SMILES string of the molecule is c1ccc(-n2c3ccccc3c3c(-c4c5ccccc5c(-c5cccc6c5oc5ccc7c(-c8ccc9ccccc9c8)coc7c56)c5ccccc45)cccc32)cc1. The van der Waals surface area contributed by atoms with E-state index >= 15 is 0 Å². The van der Waals surface area contributed by atoms with Crippen LogP contribution in [0.25, 0.3) is 126 Å². The molecule has 0 N–H and O–H groups in total. The third-order valence-corrected chi connectivity index (χ3v) is 12.4. The molecule has 0 amide bonds. The number of hydrogen-bond donors (Lipinski definition) is 0. The molecule has 0 atom stereocenters. The van der Waals surface area contributed by atoms with Crippen molar-refractivity contribution in [3.8, 4) is 39.1 Å². The Kier molecular flexibility index (Phi) is 6.72. The molecule has 0 unspecified atom stereocenters. The molecule has 0 aliphatic rings. The standard InChI is InChI=1S/C56H33NO2/c1-2-16-37(17-3-1)57-48-26-11-10-22-43(48)53-44(23-13-27-49(53)57)51-38-18-6-8-20-40(38)52(41-21-9-7-19-39(41)51)45-24-12-25-46-54-50(59-55(45)46)31-30-42-47(33-58-56(42)54)36-29-28-34-14-4-5-15-35(34)32-36/h1-33H. The molecule has 0 radical (unpaired) electrons. The number of aromatic nitrogens is 1. The molecule has 0 saturated carbocycles. The molecule has 3 nitrogen and oxygen atoms in total. The largest absolute Gasteiger partial charge is 0.463 e. The van der Waals surface area contributed by atoms with Crippen LogP contribution in [0.2, 0.25) is 0 Å². The van der Waals surface area contributed by atoms with Gasteiger partial charge in [0.2, 0.25) is 0 Å². The molecule has 0 fully saturated rings. The van der Waals surface area contributed by atoms with E-state index in [-0.39, 0.29) is 0 Å². The van der Waals surface area contributed by atoms with E-state index in [4.69, 9.17) is 8.83 Å². The lowest BCUT2D eigenvalue weighted by Crippen LogP contribution is -1.94. The Bertz CT molecular complexity index is 3790. The van der Waals surface area contributed by atoms with Gasteiger partial charge in [0, 0.05) is 43.9 Å². The highest BCUT2D eigenvalue weighted by Gasteiger charge is 2.24. The number of furan rings is 2. The lowest BCUT2D eigenvalue weighted by molar-refractivity contribution is 0.619. The van der Waals surface area contributed by atoms with Gasteiger partial charge in [-0.1, -0.05) is 152 Å². The zero-order chi connectivity index (χ0) is 38.6. The first kappa shape index (κ1) is 32.2. The van der Waals surface area contributed by atoms with Gasteiger partial charge in [0.05, 0.1) is 22.7 Å². The second-order valence-corrected chi connectivity index (χ2v) is 15.5. The molecule has 3 heterocycles. The lowest BCUT2D eigenvalue weighted by Gasteiger charge is -2.18. The zero-order valence-corrected chi connectivity index (χ0v) is 31.8. The summed E-state index contributed by atoms with van der Waals surface area (Å²) in [5, 5.41) is 12.8. The summed E-state index contributed by atoms with van der Waals surface area (Å²) in [6.07, 6.45) is 1.90.